The molecule has 4 nitrogen and oxygen atoms in total. The molecule has 0 bridgehead atoms. The lowest BCUT2D eigenvalue weighted by Crippen LogP contribution is -2.09. The molecule has 2 aromatic heterocycles. The van der Waals surface area contributed by atoms with E-state index in [1.807, 2.05) is 28.8 Å². The number of nitrogen functional groups attached to an aromatic ring is 1. The Morgan fingerprint density at radius 2 is 1.94 bits per heavy atom. The van der Waals surface area contributed by atoms with Gasteiger partial charge in [-0.2, -0.15) is 0 Å². The summed E-state index contributed by atoms with van der Waals surface area (Å²) in [5, 5.41) is 0. The highest BCUT2D eigenvalue weighted by molar-refractivity contribution is 5.77. The van der Waals surface area contributed by atoms with Crippen molar-refractivity contribution in [3.63, 3.8) is 0 Å². The van der Waals surface area contributed by atoms with Crippen LogP contribution in [0.3, 0.4) is 0 Å². The van der Waals surface area contributed by atoms with Crippen molar-refractivity contribution in [2.45, 2.75) is 13.0 Å². The van der Waals surface area contributed by atoms with Crippen molar-refractivity contribution in [1.82, 2.24) is 14.5 Å². The summed E-state index contributed by atoms with van der Waals surface area (Å²) < 4.78 is 2.03. The Kier molecular flexibility index (Phi) is 2.48. The molecular weight excluding hydrogens is 224 g/mol. The molecule has 1 atom stereocenters. The van der Waals surface area contributed by atoms with Crippen LogP contribution in [-0.2, 0) is 0 Å². The van der Waals surface area contributed by atoms with Gasteiger partial charge in [-0.15, -0.1) is 0 Å². The first-order chi connectivity index (χ1) is 8.77. The number of nitrogens with two attached hydrogens (primary N) is 1. The summed E-state index contributed by atoms with van der Waals surface area (Å²) in [6, 6.07) is 12.4. The van der Waals surface area contributed by atoms with Crippen LogP contribution in [0, 0.1) is 0 Å². The van der Waals surface area contributed by atoms with E-state index in [1.54, 1.807) is 12.4 Å². The third kappa shape index (κ3) is 1.62. The zero-order valence-corrected chi connectivity index (χ0v) is 10.1. The third-order valence-corrected chi connectivity index (χ3v) is 3.19. The van der Waals surface area contributed by atoms with Crippen LogP contribution in [0.25, 0.3) is 11.0 Å². The summed E-state index contributed by atoms with van der Waals surface area (Å²) in [5.41, 5.74) is 9.07. The Morgan fingerprint density at radius 1 is 1.17 bits per heavy atom. The van der Waals surface area contributed by atoms with Crippen LogP contribution in [0.2, 0.25) is 0 Å². The first-order valence-electron chi connectivity index (χ1n) is 5.90. The Morgan fingerprint density at radius 3 is 2.72 bits per heavy atom. The number of aromatic nitrogens is 3. The number of pyridine rings is 1. The maximum atomic E-state index is 6.02. The summed E-state index contributed by atoms with van der Waals surface area (Å²) in [4.78, 5) is 8.41. The first-order valence-corrected chi connectivity index (χ1v) is 5.90. The Labute approximate surface area is 105 Å². The van der Waals surface area contributed by atoms with Crippen LogP contribution in [0.4, 0.5) is 5.95 Å². The number of fused-ring (bicyclic) bond motifs is 1. The second kappa shape index (κ2) is 4.14. The molecule has 2 N–H and O–H groups in total. The van der Waals surface area contributed by atoms with Crippen molar-refractivity contribution in [1.29, 1.82) is 0 Å². The SMILES string of the molecule is CC(c1ccccc1)n1c(N)nc2cnccc21. The second-order valence-electron chi connectivity index (χ2n) is 4.29. The van der Waals surface area contributed by atoms with E-state index in [0.717, 1.165) is 11.0 Å². The normalized spacial score (nSPS) is 12.7. The lowest BCUT2D eigenvalue weighted by atomic mass is 10.1. The number of imidazole rings is 1. The van der Waals surface area contributed by atoms with E-state index in [0.29, 0.717) is 5.95 Å². The third-order valence-electron chi connectivity index (χ3n) is 3.19. The number of hydrogen-bond acceptors (Lipinski definition) is 3. The number of nitrogens with zero attached hydrogens (tertiary/aromatic N) is 3. The highest BCUT2D eigenvalue weighted by atomic mass is 15.2. The molecule has 1 unspecified atom stereocenters. The summed E-state index contributed by atoms with van der Waals surface area (Å²) in [6.07, 6.45) is 3.50. The maximum Gasteiger partial charge on any atom is 0.201 e. The van der Waals surface area contributed by atoms with Crippen molar-refractivity contribution in [2.75, 3.05) is 5.73 Å². The minimum atomic E-state index is 0.151. The Bertz CT molecular complexity index is 673. The van der Waals surface area contributed by atoms with Gasteiger partial charge in [0, 0.05) is 6.20 Å². The Balaban J connectivity index is 2.17. The average Bonchev–Trinajstić information content (AvgIpc) is 2.75. The number of anilines is 1. The molecule has 0 saturated carbocycles. The molecule has 1 aromatic carbocycles. The lowest BCUT2D eigenvalue weighted by Gasteiger charge is -2.16. The molecule has 0 aliphatic rings. The zero-order chi connectivity index (χ0) is 12.5. The molecule has 3 aromatic rings. The summed E-state index contributed by atoms with van der Waals surface area (Å²) in [5.74, 6) is 0.523. The molecule has 4 heteroatoms. The molecule has 90 valence electrons. The van der Waals surface area contributed by atoms with Gasteiger partial charge in [0.05, 0.1) is 17.8 Å². The van der Waals surface area contributed by atoms with Crippen LogP contribution in [0.15, 0.2) is 48.8 Å². The lowest BCUT2D eigenvalue weighted by molar-refractivity contribution is 0.668. The molecule has 3 rings (SSSR count). The van der Waals surface area contributed by atoms with Gasteiger partial charge in [-0.05, 0) is 18.6 Å². The van der Waals surface area contributed by atoms with E-state index in [1.165, 1.54) is 5.56 Å². The van der Waals surface area contributed by atoms with E-state index in [2.05, 4.69) is 29.0 Å². The largest absolute Gasteiger partial charge is 0.369 e. The standard InChI is InChI=1S/C14H14N4/c1-10(11-5-3-2-4-6-11)18-13-7-8-16-9-12(13)17-14(18)15/h2-10H,1H3,(H2,15,17). The van der Waals surface area contributed by atoms with Gasteiger partial charge in [-0.25, -0.2) is 4.98 Å². The molecule has 18 heavy (non-hydrogen) atoms. The minimum absolute atomic E-state index is 0.151. The van der Waals surface area contributed by atoms with Gasteiger partial charge >= 0.3 is 0 Å². The first kappa shape index (κ1) is 10.8. The molecule has 0 aliphatic heterocycles. The van der Waals surface area contributed by atoms with E-state index in [-0.39, 0.29) is 6.04 Å². The van der Waals surface area contributed by atoms with E-state index >= 15 is 0 Å². The predicted octanol–water partition coefficient (Wildman–Crippen LogP) is 2.62. The summed E-state index contributed by atoms with van der Waals surface area (Å²) >= 11 is 0. The number of benzene rings is 1. The zero-order valence-electron chi connectivity index (χ0n) is 10.1. The monoisotopic (exact) mass is 238 g/mol. The summed E-state index contributed by atoms with van der Waals surface area (Å²) in [7, 11) is 0. The van der Waals surface area contributed by atoms with Gasteiger partial charge in [0.15, 0.2) is 0 Å². The van der Waals surface area contributed by atoms with Crippen molar-refractivity contribution < 1.29 is 0 Å². The molecule has 0 radical (unpaired) electrons. The predicted molar refractivity (Wildman–Crippen MR) is 72.2 cm³/mol. The molecule has 0 aliphatic carbocycles. The summed E-state index contributed by atoms with van der Waals surface area (Å²) in [6.45, 7) is 2.12. The van der Waals surface area contributed by atoms with Gasteiger partial charge in [0.25, 0.3) is 0 Å². The quantitative estimate of drug-likeness (QED) is 0.746. The van der Waals surface area contributed by atoms with Crippen molar-refractivity contribution in [3.8, 4) is 0 Å². The van der Waals surface area contributed by atoms with Gasteiger partial charge in [-0.1, -0.05) is 30.3 Å². The molecule has 0 amide bonds. The Hall–Kier alpha value is -2.36. The van der Waals surface area contributed by atoms with Crippen LogP contribution in [0.1, 0.15) is 18.5 Å². The minimum Gasteiger partial charge on any atom is -0.369 e. The van der Waals surface area contributed by atoms with Crippen molar-refractivity contribution in [2.24, 2.45) is 0 Å². The van der Waals surface area contributed by atoms with Gasteiger partial charge in [-0.3, -0.25) is 4.98 Å². The van der Waals surface area contributed by atoms with Crippen LogP contribution < -0.4 is 5.73 Å². The molecule has 0 saturated heterocycles. The van der Waals surface area contributed by atoms with Gasteiger partial charge < -0.3 is 10.3 Å². The van der Waals surface area contributed by atoms with Crippen LogP contribution >= 0.6 is 0 Å². The van der Waals surface area contributed by atoms with Crippen molar-refractivity contribution in [3.05, 3.63) is 54.4 Å². The highest BCUT2D eigenvalue weighted by Gasteiger charge is 2.14. The van der Waals surface area contributed by atoms with E-state index in [4.69, 9.17) is 5.73 Å². The number of rotatable bonds is 2. The molecule has 2 heterocycles. The topological polar surface area (TPSA) is 56.7 Å². The van der Waals surface area contributed by atoms with Crippen molar-refractivity contribution >= 4 is 17.0 Å². The van der Waals surface area contributed by atoms with E-state index in [9.17, 15) is 0 Å². The smallest absolute Gasteiger partial charge is 0.201 e. The molecular formula is C14H14N4. The molecule has 0 spiro atoms. The molecule has 0 fully saturated rings. The highest BCUT2D eigenvalue weighted by Crippen LogP contribution is 2.26. The van der Waals surface area contributed by atoms with Gasteiger partial charge in [0.2, 0.25) is 5.95 Å². The maximum absolute atomic E-state index is 6.02. The van der Waals surface area contributed by atoms with Gasteiger partial charge in [0.1, 0.15) is 5.52 Å². The van der Waals surface area contributed by atoms with E-state index < -0.39 is 0 Å². The second-order valence-corrected chi connectivity index (χ2v) is 4.29. The fourth-order valence-corrected chi connectivity index (χ4v) is 2.26. The fourth-order valence-electron chi connectivity index (χ4n) is 2.26. The number of hydrogen-bond donors (Lipinski definition) is 1. The van der Waals surface area contributed by atoms with Crippen LogP contribution in [-0.4, -0.2) is 14.5 Å². The van der Waals surface area contributed by atoms with Crippen LogP contribution in [0.5, 0.6) is 0 Å². The average molecular weight is 238 g/mol. The fraction of sp³-hybridized carbons (Fsp3) is 0.143.